The second kappa shape index (κ2) is 19.4. The van der Waals surface area contributed by atoms with Crippen molar-refractivity contribution >= 4 is 11.8 Å². The molecule has 3 unspecified atom stereocenters. The third-order valence-electron chi connectivity index (χ3n) is 12.4. The lowest BCUT2D eigenvalue weighted by atomic mass is 9.94. The molecule has 2 aromatic rings. The number of oxazole rings is 1. The van der Waals surface area contributed by atoms with Crippen LogP contribution in [0.25, 0.3) is 0 Å². The van der Waals surface area contributed by atoms with Gasteiger partial charge in [-0.3, -0.25) is 34.9 Å². The number of rotatable bonds is 12. The van der Waals surface area contributed by atoms with Gasteiger partial charge in [-0.05, 0) is 49.4 Å². The minimum Gasteiger partial charge on any atom is -0.486 e. The van der Waals surface area contributed by atoms with E-state index in [0.29, 0.717) is 51.9 Å². The molecule has 1 saturated carbocycles. The molecule has 2 amide bonds. The second-order valence-corrected chi connectivity index (χ2v) is 16.4. The molecule has 0 radical (unpaired) electrons. The van der Waals surface area contributed by atoms with Crippen LogP contribution in [-0.4, -0.2) is 137 Å². The predicted molar refractivity (Wildman–Crippen MR) is 208 cm³/mol. The maximum absolute atomic E-state index is 14.0. The van der Waals surface area contributed by atoms with E-state index in [1.54, 1.807) is 6.92 Å². The highest BCUT2D eigenvalue weighted by Crippen LogP contribution is 2.30. The van der Waals surface area contributed by atoms with E-state index in [1.807, 2.05) is 17.9 Å². The molecule has 1 aliphatic carbocycles. The molecule has 0 bridgehead atoms. The number of ether oxygens (including phenoxy) is 2. The van der Waals surface area contributed by atoms with Gasteiger partial charge in [-0.25, -0.2) is 4.98 Å². The number of piperazine rings is 1. The quantitative estimate of drug-likeness (QED) is 0.252. The second-order valence-electron chi connectivity index (χ2n) is 16.4. The predicted octanol–water partition coefficient (Wildman–Crippen LogP) is 2.72. The zero-order chi connectivity index (χ0) is 38.1. The number of aromatic nitrogens is 1. The van der Waals surface area contributed by atoms with Crippen molar-refractivity contribution in [2.75, 3.05) is 59.0 Å². The summed E-state index contributed by atoms with van der Waals surface area (Å²) >= 11 is 0. The van der Waals surface area contributed by atoms with Gasteiger partial charge in [-0.1, -0.05) is 51.0 Å². The number of carbonyl (C=O) groups is 2. The number of benzene rings is 1. The SMILES string of the molecule is CC(=O)N1CCN(C2NC(C(=O)NC[C@H](O)CN3CCc4cc(OCc5ocnc5C)ccc4C3)CC(NC3COC3)N2C2CCCCCCCCC2)CC1. The molecule has 304 valence electrons. The number of nitrogens with zero attached hydrogens (tertiary/aromatic N) is 5. The van der Waals surface area contributed by atoms with Gasteiger partial charge in [0.1, 0.15) is 18.6 Å². The summed E-state index contributed by atoms with van der Waals surface area (Å²) in [7, 11) is 0. The summed E-state index contributed by atoms with van der Waals surface area (Å²) in [6.45, 7) is 10.4. The Balaban J connectivity index is 0.970. The van der Waals surface area contributed by atoms with Crippen LogP contribution in [0, 0.1) is 6.92 Å². The van der Waals surface area contributed by atoms with Gasteiger partial charge in [-0.15, -0.1) is 0 Å². The van der Waals surface area contributed by atoms with Gasteiger partial charge in [0.25, 0.3) is 0 Å². The van der Waals surface area contributed by atoms with E-state index in [9.17, 15) is 14.7 Å². The lowest BCUT2D eigenvalue weighted by Gasteiger charge is -2.55. The highest BCUT2D eigenvalue weighted by atomic mass is 16.5. The zero-order valence-electron chi connectivity index (χ0n) is 33.1. The average Bonchev–Trinajstić information content (AvgIpc) is 3.60. The Morgan fingerprint density at radius 1 is 1.02 bits per heavy atom. The molecule has 14 heteroatoms. The monoisotopic (exact) mass is 764 g/mol. The standard InChI is InChI=1S/C41H64N8O6/c1-29-38(55-28-43-29)27-54-36-13-12-32-23-46(15-14-31(32)20-36)24-35(51)22-42-40(52)37-21-39(44-33-25-53-26-33)49(34-10-8-6-4-3-5-7-9-11-34)41(45-37)48-18-16-47(17-19-48)30(2)50/h12-13,20,28,33-35,37,39,41,44-45,51H,3-11,14-19,21-27H2,1-2H3,(H,42,52)/t35-,37?,39?,41?/m0/s1. The molecule has 14 nitrogen and oxygen atoms in total. The third kappa shape index (κ3) is 10.6. The molecule has 0 spiro atoms. The number of β-amino-alcohol motifs (C(OH)–C–C–N with tert-alkyl or cyclic N) is 1. The molecule has 1 aromatic heterocycles. The summed E-state index contributed by atoms with van der Waals surface area (Å²) < 4.78 is 17.0. The van der Waals surface area contributed by atoms with Crippen molar-refractivity contribution < 1.29 is 28.6 Å². The van der Waals surface area contributed by atoms with Crippen molar-refractivity contribution in [2.45, 2.75) is 134 Å². The number of aliphatic hydroxyl groups excluding tert-OH is 1. The number of amides is 2. The third-order valence-corrected chi connectivity index (χ3v) is 12.4. The molecule has 3 saturated heterocycles. The van der Waals surface area contributed by atoms with Crippen LogP contribution < -0.4 is 20.7 Å². The number of fused-ring (bicyclic) bond motifs is 1. The summed E-state index contributed by atoms with van der Waals surface area (Å²) in [5, 5.41) is 22.0. The van der Waals surface area contributed by atoms with Crippen LogP contribution in [0.1, 0.15) is 93.7 Å². The minimum atomic E-state index is -0.696. The van der Waals surface area contributed by atoms with Crippen molar-refractivity contribution in [3.8, 4) is 5.75 Å². The molecule has 4 aliphatic heterocycles. The Morgan fingerprint density at radius 2 is 1.76 bits per heavy atom. The molecule has 1 aromatic carbocycles. The first-order valence-electron chi connectivity index (χ1n) is 21.0. The number of nitrogens with one attached hydrogen (secondary N) is 3. The van der Waals surface area contributed by atoms with Gasteiger partial charge < -0.3 is 29.2 Å². The molecule has 5 heterocycles. The highest BCUT2D eigenvalue weighted by Gasteiger charge is 2.45. The summed E-state index contributed by atoms with van der Waals surface area (Å²) in [6, 6.07) is 6.42. The molecular formula is C41H64N8O6. The van der Waals surface area contributed by atoms with E-state index in [1.165, 1.54) is 62.5 Å². The van der Waals surface area contributed by atoms with E-state index in [4.69, 9.17) is 13.9 Å². The van der Waals surface area contributed by atoms with E-state index in [0.717, 1.165) is 62.6 Å². The van der Waals surface area contributed by atoms with Crippen molar-refractivity contribution in [3.63, 3.8) is 0 Å². The van der Waals surface area contributed by atoms with Crippen LogP contribution in [0.15, 0.2) is 29.0 Å². The Labute approximate surface area is 326 Å². The van der Waals surface area contributed by atoms with Crippen LogP contribution in [0.2, 0.25) is 0 Å². The largest absolute Gasteiger partial charge is 0.486 e. The molecule has 5 aliphatic rings. The average molecular weight is 765 g/mol. The molecule has 4 fully saturated rings. The number of hydrogen-bond donors (Lipinski definition) is 4. The molecular weight excluding hydrogens is 701 g/mol. The molecule has 7 rings (SSSR count). The topological polar surface area (TPSA) is 148 Å². The van der Waals surface area contributed by atoms with E-state index in [2.05, 4.69) is 47.8 Å². The Kier molecular flexibility index (Phi) is 14.1. The van der Waals surface area contributed by atoms with Gasteiger partial charge in [-0.2, -0.15) is 0 Å². The van der Waals surface area contributed by atoms with Crippen LogP contribution in [-0.2, 0) is 33.9 Å². The number of carbonyl (C=O) groups excluding carboxylic acids is 2. The first-order valence-corrected chi connectivity index (χ1v) is 21.0. The summed E-state index contributed by atoms with van der Waals surface area (Å²) in [6.07, 6.45) is 13.3. The van der Waals surface area contributed by atoms with E-state index >= 15 is 0 Å². The summed E-state index contributed by atoms with van der Waals surface area (Å²) in [5.41, 5.74) is 3.31. The lowest BCUT2D eigenvalue weighted by Crippen LogP contribution is -2.75. The van der Waals surface area contributed by atoms with Crippen molar-refractivity contribution in [2.24, 2.45) is 0 Å². The first kappa shape index (κ1) is 40.1. The highest BCUT2D eigenvalue weighted by molar-refractivity contribution is 5.82. The summed E-state index contributed by atoms with van der Waals surface area (Å²) in [4.78, 5) is 39.7. The maximum atomic E-state index is 14.0. The zero-order valence-corrected chi connectivity index (χ0v) is 33.1. The fourth-order valence-corrected chi connectivity index (χ4v) is 9.06. The van der Waals surface area contributed by atoms with E-state index < -0.39 is 12.1 Å². The Morgan fingerprint density at radius 3 is 2.44 bits per heavy atom. The van der Waals surface area contributed by atoms with Crippen molar-refractivity contribution in [1.29, 1.82) is 0 Å². The first-order chi connectivity index (χ1) is 26.8. The number of aliphatic hydroxyl groups is 1. The lowest BCUT2D eigenvalue weighted by molar-refractivity contribution is -0.143. The number of aryl methyl sites for hydroxylation is 1. The van der Waals surface area contributed by atoms with Crippen LogP contribution >= 0.6 is 0 Å². The molecule has 4 atom stereocenters. The van der Waals surface area contributed by atoms with Gasteiger partial charge in [0.2, 0.25) is 11.8 Å². The smallest absolute Gasteiger partial charge is 0.237 e. The fourth-order valence-electron chi connectivity index (χ4n) is 9.06. The number of hydrogen-bond acceptors (Lipinski definition) is 12. The Bertz CT molecular complexity index is 1540. The van der Waals surface area contributed by atoms with Crippen LogP contribution in [0.5, 0.6) is 5.75 Å². The van der Waals surface area contributed by atoms with Gasteiger partial charge in [0, 0.05) is 71.7 Å². The van der Waals surface area contributed by atoms with Gasteiger partial charge >= 0.3 is 0 Å². The van der Waals surface area contributed by atoms with Gasteiger partial charge in [0.05, 0.1) is 43.3 Å². The normalized spacial score (nSPS) is 26.2. The molecule has 55 heavy (non-hydrogen) atoms. The maximum Gasteiger partial charge on any atom is 0.237 e. The summed E-state index contributed by atoms with van der Waals surface area (Å²) in [5.74, 6) is 1.57. The van der Waals surface area contributed by atoms with Crippen LogP contribution in [0.3, 0.4) is 0 Å². The van der Waals surface area contributed by atoms with Gasteiger partial charge in [0.15, 0.2) is 12.2 Å². The minimum absolute atomic E-state index is 0.00481. The fraction of sp³-hybridized carbons (Fsp3) is 0.732. The van der Waals surface area contributed by atoms with Crippen molar-refractivity contribution in [1.82, 2.24) is 40.5 Å². The Hall–Kier alpha value is -3.11. The molecule has 4 N–H and O–H groups in total. The van der Waals surface area contributed by atoms with E-state index in [-0.39, 0.29) is 36.9 Å². The van der Waals surface area contributed by atoms with Crippen molar-refractivity contribution in [3.05, 3.63) is 47.2 Å². The van der Waals surface area contributed by atoms with Crippen LogP contribution in [0.4, 0.5) is 0 Å².